The normalized spacial score (nSPS) is 49.7. The predicted octanol–water partition coefficient (Wildman–Crippen LogP) is 0.553. The fourth-order valence-electron chi connectivity index (χ4n) is 4.21. The maximum atomic E-state index is 12.3. The highest BCUT2D eigenvalue weighted by Crippen LogP contribution is 2.54. The van der Waals surface area contributed by atoms with E-state index in [0.29, 0.717) is 0 Å². The summed E-state index contributed by atoms with van der Waals surface area (Å²) in [6.07, 6.45) is 3.88. The molecule has 2 heterocycles. The minimum absolute atomic E-state index is 0.0387. The molecule has 0 aromatic heterocycles. The Labute approximate surface area is 111 Å². The summed E-state index contributed by atoms with van der Waals surface area (Å²) in [5, 5.41) is 0. The number of carbonyl (C=O) groups excluding carboxylic acids is 2. The largest absolute Gasteiger partial charge is 0.344 e. The molecule has 0 aromatic carbocycles. The van der Waals surface area contributed by atoms with E-state index < -0.39 is 5.79 Å². The molecule has 3 fully saturated rings. The molecule has 19 heavy (non-hydrogen) atoms. The molecule has 6 atom stereocenters. The van der Waals surface area contributed by atoms with E-state index in [-0.39, 0.29) is 47.7 Å². The van der Waals surface area contributed by atoms with Crippen molar-refractivity contribution in [2.24, 2.45) is 23.7 Å². The zero-order valence-electron chi connectivity index (χ0n) is 11.2. The third-order valence-corrected chi connectivity index (χ3v) is 4.93. The molecule has 0 radical (unpaired) electrons. The molecule has 5 heteroatoms. The van der Waals surface area contributed by atoms with Gasteiger partial charge in [0.25, 0.3) is 0 Å². The maximum absolute atomic E-state index is 12.3. The summed E-state index contributed by atoms with van der Waals surface area (Å²) >= 11 is 0. The summed E-state index contributed by atoms with van der Waals surface area (Å²) < 4.78 is 11.9. The van der Waals surface area contributed by atoms with Crippen LogP contribution in [0.25, 0.3) is 0 Å². The van der Waals surface area contributed by atoms with Crippen LogP contribution in [-0.4, -0.2) is 41.8 Å². The molecule has 5 aliphatic rings. The molecular formula is C14H17NO4. The number of amides is 2. The molecule has 0 aromatic rings. The quantitative estimate of drug-likeness (QED) is 0.473. The van der Waals surface area contributed by atoms with Gasteiger partial charge in [-0.05, 0) is 13.8 Å². The molecule has 2 bridgehead atoms. The fourth-order valence-corrected chi connectivity index (χ4v) is 4.21. The van der Waals surface area contributed by atoms with Crippen molar-refractivity contribution >= 4 is 11.8 Å². The van der Waals surface area contributed by atoms with Crippen molar-refractivity contribution < 1.29 is 19.1 Å². The third-order valence-electron chi connectivity index (χ3n) is 4.93. The van der Waals surface area contributed by atoms with Crippen LogP contribution in [0.15, 0.2) is 12.2 Å². The fraction of sp³-hybridized carbons (Fsp3) is 0.714. The first-order valence-corrected chi connectivity index (χ1v) is 6.76. The van der Waals surface area contributed by atoms with Gasteiger partial charge in [0, 0.05) is 18.9 Å². The van der Waals surface area contributed by atoms with Gasteiger partial charge in [0.2, 0.25) is 11.8 Å². The summed E-state index contributed by atoms with van der Waals surface area (Å²) in [6.45, 7) is 3.77. The molecule has 2 saturated heterocycles. The van der Waals surface area contributed by atoms with Gasteiger partial charge >= 0.3 is 0 Å². The first kappa shape index (κ1) is 11.6. The Bertz CT molecular complexity index is 470. The summed E-state index contributed by atoms with van der Waals surface area (Å²) in [5.41, 5.74) is 0. The van der Waals surface area contributed by atoms with Crippen LogP contribution in [0.4, 0.5) is 0 Å². The number of rotatable bonds is 0. The van der Waals surface area contributed by atoms with Gasteiger partial charge in [-0.25, -0.2) is 0 Å². The van der Waals surface area contributed by atoms with E-state index >= 15 is 0 Å². The minimum Gasteiger partial charge on any atom is -0.344 e. The van der Waals surface area contributed by atoms with Gasteiger partial charge in [-0.2, -0.15) is 0 Å². The molecule has 1 saturated carbocycles. The van der Waals surface area contributed by atoms with Crippen molar-refractivity contribution in [2.45, 2.75) is 31.8 Å². The first-order chi connectivity index (χ1) is 8.91. The van der Waals surface area contributed by atoms with Crippen LogP contribution < -0.4 is 0 Å². The second-order valence-electron chi connectivity index (χ2n) is 6.39. The number of ether oxygens (including phenoxy) is 2. The van der Waals surface area contributed by atoms with Gasteiger partial charge in [0.15, 0.2) is 5.79 Å². The summed E-state index contributed by atoms with van der Waals surface area (Å²) in [6, 6.07) is 0. The zero-order chi connectivity index (χ0) is 13.5. The summed E-state index contributed by atoms with van der Waals surface area (Å²) in [5.74, 6) is -1.36. The Morgan fingerprint density at radius 3 is 1.84 bits per heavy atom. The standard InChI is InChI=1S/C14H17NO4/c1-14(2)18-10-6-4-5-7(11(10)19-14)9-8(6)12(16)15(3)13(9)17/h4-11H,1-3H3/t6-,7+,8+,9-,10-,11+. The number of nitrogens with zero attached hydrogens (tertiary/aromatic N) is 1. The smallest absolute Gasteiger partial charge is 0.233 e. The highest BCUT2D eigenvalue weighted by atomic mass is 16.8. The summed E-state index contributed by atoms with van der Waals surface area (Å²) in [7, 11) is 1.57. The van der Waals surface area contributed by atoms with E-state index in [2.05, 4.69) is 0 Å². The minimum atomic E-state index is -0.630. The molecule has 3 aliphatic carbocycles. The van der Waals surface area contributed by atoms with Gasteiger partial charge < -0.3 is 9.47 Å². The molecule has 2 aliphatic heterocycles. The van der Waals surface area contributed by atoms with Crippen molar-refractivity contribution in [1.82, 2.24) is 4.90 Å². The number of likely N-dealkylation sites (tertiary alicyclic amines) is 1. The number of hydrogen-bond acceptors (Lipinski definition) is 4. The highest BCUT2D eigenvalue weighted by Gasteiger charge is 2.65. The lowest BCUT2D eigenvalue weighted by Gasteiger charge is -2.44. The van der Waals surface area contributed by atoms with Crippen molar-refractivity contribution in [3.63, 3.8) is 0 Å². The lowest BCUT2D eigenvalue weighted by Crippen LogP contribution is -2.54. The van der Waals surface area contributed by atoms with Crippen molar-refractivity contribution in [3.05, 3.63) is 12.2 Å². The molecular weight excluding hydrogens is 246 g/mol. The van der Waals surface area contributed by atoms with Gasteiger partial charge in [-0.3, -0.25) is 14.5 Å². The Balaban J connectivity index is 1.79. The lowest BCUT2D eigenvalue weighted by atomic mass is 9.60. The molecule has 5 nitrogen and oxygen atoms in total. The Kier molecular flexibility index (Phi) is 2.00. The molecule has 0 unspecified atom stereocenters. The average Bonchev–Trinajstić information content (AvgIpc) is 2.81. The molecule has 102 valence electrons. The SMILES string of the molecule is CN1C(=O)[C@@H]2[C@@H]3C=C[C@@H]([C@H]4OC(C)(C)O[C@@H]34)[C@@H]2C1=O. The van der Waals surface area contributed by atoms with E-state index in [0.717, 1.165) is 0 Å². The van der Waals surface area contributed by atoms with Crippen molar-refractivity contribution in [1.29, 1.82) is 0 Å². The topological polar surface area (TPSA) is 55.8 Å². The van der Waals surface area contributed by atoms with Crippen molar-refractivity contribution in [3.8, 4) is 0 Å². The zero-order valence-corrected chi connectivity index (χ0v) is 11.2. The van der Waals surface area contributed by atoms with Crippen LogP contribution in [0.1, 0.15) is 13.8 Å². The van der Waals surface area contributed by atoms with Crippen molar-refractivity contribution in [2.75, 3.05) is 7.05 Å². The molecule has 0 N–H and O–H groups in total. The second-order valence-corrected chi connectivity index (χ2v) is 6.39. The van der Waals surface area contributed by atoms with Gasteiger partial charge in [0.05, 0.1) is 24.0 Å². The van der Waals surface area contributed by atoms with Crippen LogP contribution in [0.2, 0.25) is 0 Å². The molecule has 0 spiro atoms. The predicted molar refractivity (Wildman–Crippen MR) is 64.7 cm³/mol. The average molecular weight is 263 g/mol. The Morgan fingerprint density at radius 2 is 1.42 bits per heavy atom. The van der Waals surface area contributed by atoms with Crippen LogP contribution in [0.5, 0.6) is 0 Å². The van der Waals surface area contributed by atoms with Gasteiger partial charge in [-0.1, -0.05) is 12.2 Å². The van der Waals surface area contributed by atoms with E-state index in [1.165, 1.54) is 4.90 Å². The van der Waals surface area contributed by atoms with E-state index in [9.17, 15) is 9.59 Å². The molecule has 5 rings (SSSR count). The van der Waals surface area contributed by atoms with Gasteiger partial charge in [-0.15, -0.1) is 0 Å². The highest BCUT2D eigenvalue weighted by molar-refractivity contribution is 6.05. The van der Waals surface area contributed by atoms with E-state index in [1.807, 2.05) is 26.0 Å². The van der Waals surface area contributed by atoms with Crippen LogP contribution >= 0.6 is 0 Å². The van der Waals surface area contributed by atoms with E-state index in [1.54, 1.807) is 7.05 Å². The van der Waals surface area contributed by atoms with Crippen LogP contribution in [0, 0.1) is 23.7 Å². The maximum Gasteiger partial charge on any atom is 0.233 e. The van der Waals surface area contributed by atoms with E-state index in [4.69, 9.17) is 9.47 Å². The number of hydrogen-bond donors (Lipinski definition) is 0. The Hall–Kier alpha value is -1.20. The third kappa shape index (κ3) is 1.27. The first-order valence-electron chi connectivity index (χ1n) is 6.76. The van der Waals surface area contributed by atoms with Gasteiger partial charge in [0.1, 0.15) is 0 Å². The monoisotopic (exact) mass is 263 g/mol. The number of imide groups is 1. The van der Waals surface area contributed by atoms with Crippen LogP contribution in [-0.2, 0) is 19.1 Å². The number of carbonyl (C=O) groups is 2. The Morgan fingerprint density at radius 1 is 1.00 bits per heavy atom. The summed E-state index contributed by atoms with van der Waals surface area (Å²) in [4.78, 5) is 25.8. The van der Waals surface area contributed by atoms with Crippen LogP contribution in [0.3, 0.4) is 0 Å². The lowest BCUT2D eigenvalue weighted by molar-refractivity contribution is -0.152. The second kappa shape index (κ2) is 3.27. The molecule has 2 amide bonds.